The molecule has 0 spiro atoms. The van der Waals surface area contributed by atoms with Crippen molar-refractivity contribution in [2.45, 2.75) is 20.4 Å². The highest BCUT2D eigenvalue weighted by molar-refractivity contribution is 5.80. The largest absolute Gasteiger partial charge is 0.494 e. The second-order valence-electron chi connectivity index (χ2n) is 5.58. The Morgan fingerprint density at radius 2 is 1.96 bits per heavy atom. The van der Waals surface area contributed by atoms with E-state index in [1.54, 1.807) is 12.3 Å². The van der Waals surface area contributed by atoms with Gasteiger partial charge in [-0.15, -0.1) is 0 Å². The van der Waals surface area contributed by atoms with Gasteiger partial charge in [0.25, 0.3) is 11.1 Å². The van der Waals surface area contributed by atoms with Crippen LogP contribution >= 0.6 is 0 Å². The van der Waals surface area contributed by atoms with E-state index < -0.39 is 0 Å². The molecule has 2 aromatic heterocycles. The first-order chi connectivity index (χ1) is 11.6. The van der Waals surface area contributed by atoms with Crippen LogP contribution in [-0.2, 0) is 6.54 Å². The average molecular weight is 325 g/mol. The minimum Gasteiger partial charge on any atom is -0.494 e. The third kappa shape index (κ3) is 3.32. The molecule has 1 aromatic carbocycles. The topological polar surface area (TPSA) is 87.0 Å². The van der Waals surface area contributed by atoms with Gasteiger partial charge in [0.05, 0.1) is 6.61 Å². The van der Waals surface area contributed by atoms with Gasteiger partial charge in [-0.1, -0.05) is 0 Å². The van der Waals surface area contributed by atoms with E-state index in [0.29, 0.717) is 17.9 Å². The summed E-state index contributed by atoms with van der Waals surface area (Å²) in [6, 6.07) is 9.10. The number of hydrogen-bond donors (Lipinski definition) is 3. The molecular weight excluding hydrogens is 306 g/mol. The fourth-order valence-electron chi connectivity index (χ4n) is 2.53. The van der Waals surface area contributed by atoms with E-state index in [-0.39, 0.29) is 17.7 Å². The van der Waals surface area contributed by atoms with E-state index in [2.05, 4.69) is 15.3 Å². The smallest absolute Gasteiger partial charge is 0.271 e. The number of benzene rings is 1. The van der Waals surface area contributed by atoms with Gasteiger partial charge in [-0.25, -0.2) is 0 Å². The van der Waals surface area contributed by atoms with E-state index in [9.17, 15) is 9.59 Å². The number of aromatic nitrogens is 2. The van der Waals surface area contributed by atoms with Gasteiger partial charge < -0.3 is 20.0 Å². The third-order valence-corrected chi connectivity index (χ3v) is 3.72. The zero-order valence-electron chi connectivity index (χ0n) is 13.6. The molecule has 0 aliphatic rings. The van der Waals surface area contributed by atoms with E-state index >= 15 is 0 Å². The number of hydrogen-bond acceptors (Lipinski definition) is 4. The van der Waals surface area contributed by atoms with Gasteiger partial charge in [0, 0.05) is 29.2 Å². The van der Waals surface area contributed by atoms with E-state index in [0.717, 1.165) is 22.2 Å². The summed E-state index contributed by atoms with van der Waals surface area (Å²) in [4.78, 5) is 29.5. The molecule has 6 nitrogen and oxygen atoms in total. The molecule has 0 amide bonds. The van der Waals surface area contributed by atoms with Crippen molar-refractivity contribution in [2.75, 3.05) is 11.9 Å². The highest BCUT2D eigenvalue weighted by atomic mass is 16.5. The van der Waals surface area contributed by atoms with Gasteiger partial charge in [0.1, 0.15) is 11.4 Å². The zero-order chi connectivity index (χ0) is 17.1. The number of rotatable bonds is 5. The lowest BCUT2D eigenvalue weighted by molar-refractivity contribution is 0.340. The SMILES string of the molecule is CCOc1ccc2[nH]c(=O)c(CNc3cc(C)c[nH]c3=O)cc2c1. The lowest BCUT2D eigenvalue weighted by atomic mass is 10.1. The van der Waals surface area contributed by atoms with Gasteiger partial charge in [0.15, 0.2) is 0 Å². The first-order valence-corrected chi connectivity index (χ1v) is 7.79. The molecule has 0 bridgehead atoms. The molecule has 0 aliphatic heterocycles. The highest BCUT2D eigenvalue weighted by Crippen LogP contribution is 2.19. The summed E-state index contributed by atoms with van der Waals surface area (Å²) in [7, 11) is 0. The van der Waals surface area contributed by atoms with Gasteiger partial charge in [-0.3, -0.25) is 9.59 Å². The molecule has 0 atom stereocenters. The second kappa shape index (κ2) is 6.62. The molecular formula is C18H19N3O3. The standard InChI is InChI=1S/C18H19N3O3/c1-3-24-14-4-5-15-12(8-14)7-13(17(22)21-15)10-19-16-6-11(2)9-20-18(16)23/h4-9,19H,3,10H2,1-2H3,(H,20,23)(H,21,22). The van der Waals surface area contributed by atoms with Crippen molar-refractivity contribution in [3.8, 4) is 5.75 Å². The molecule has 0 aliphatic carbocycles. The quantitative estimate of drug-likeness (QED) is 0.673. The number of fused-ring (bicyclic) bond motifs is 1. The fraction of sp³-hybridized carbons (Fsp3) is 0.222. The lowest BCUT2D eigenvalue weighted by Gasteiger charge is -2.08. The van der Waals surface area contributed by atoms with Crippen LogP contribution in [0.2, 0.25) is 0 Å². The number of nitrogens with one attached hydrogen (secondary N) is 3. The van der Waals surface area contributed by atoms with Crippen molar-refractivity contribution in [1.29, 1.82) is 0 Å². The number of aryl methyl sites for hydroxylation is 1. The van der Waals surface area contributed by atoms with Crippen LogP contribution in [0, 0.1) is 6.92 Å². The van der Waals surface area contributed by atoms with E-state index in [1.165, 1.54) is 0 Å². The molecule has 0 saturated carbocycles. The lowest BCUT2D eigenvalue weighted by Crippen LogP contribution is -2.19. The maximum Gasteiger partial charge on any atom is 0.271 e. The molecule has 0 radical (unpaired) electrons. The summed E-state index contributed by atoms with van der Waals surface area (Å²) in [5.74, 6) is 0.756. The number of aromatic amines is 2. The number of ether oxygens (including phenoxy) is 1. The predicted octanol–water partition coefficient (Wildman–Crippen LogP) is 2.54. The van der Waals surface area contributed by atoms with Crippen molar-refractivity contribution < 1.29 is 4.74 Å². The van der Waals surface area contributed by atoms with Crippen molar-refractivity contribution in [3.05, 3.63) is 68.4 Å². The van der Waals surface area contributed by atoms with Crippen LogP contribution in [-0.4, -0.2) is 16.6 Å². The Morgan fingerprint density at radius 1 is 1.12 bits per heavy atom. The van der Waals surface area contributed by atoms with Gasteiger partial charge in [0.2, 0.25) is 0 Å². The van der Waals surface area contributed by atoms with E-state index in [4.69, 9.17) is 4.74 Å². The molecule has 0 fully saturated rings. The Bertz CT molecular complexity index is 989. The van der Waals surface area contributed by atoms with E-state index in [1.807, 2.05) is 38.1 Å². The molecule has 0 saturated heterocycles. The molecule has 0 unspecified atom stereocenters. The Morgan fingerprint density at radius 3 is 2.75 bits per heavy atom. The summed E-state index contributed by atoms with van der Waals surface area (Å²) in [5.41, 5.74) is 2.29. The minimum atomic E-state index is -0.212. The Hall–Kier alpha value is -3.02. The van der Waals surface area contributed by atoms with Crippen LogP contribution in [0.15, 0.2) is 46.1 Å². The maximum absolute atomic E-state index is 12.2. The molecule has 124 valence electrons. The van der Waals surface area contributed by atoms with Crippen LogP contribution < -0.4 is 21.2 Å². The Balaban J connectivity index is 1.91. The summed E-state index contributed by atoms with van der Waals surface area (Å²) in [5, 5.41) is 3.91. The third-order valence-electron chi connectivity index (χ3n) is 3.72. The summed E-state index contributed by atoms with van der Waals surface area (Å²) in [6.45, 7) is 4.65. The second-order valence-corrected chi connectivity index (χ2v) is 5.58. The maximum atomic E-state index is 12.2. The first kappa shape index (κ1) is 15.9. The fourth-order valence-corrected chi connectivity index (χ4v) is 2.53. The van der Waals surface area contributed by atoms with Crippen molar-refractivity contribution >= 4 is 16.6 Å². The predicted molar refractivity (Wildman–Crippen MR) is 94.9 cm³/mol. The van der Waals surface area contributed by atoms with Gasteiger partial charge in [-0.2, -0.15) is 0 Å². The van der Waals surface area contributed by atoms with Crippen LogP contribution in [0.5, 0.6) is 5.75 Å². The number of anilines is 1. The first-order valence-electron chi connectivity index (χ1n) is 7.79. The summed E-state index contributed by atoms with van der Waals surface area (Å²) in [6.07, 6.45) is 1.64. The molecule has 3 N–H and O–H groups in total. The molecule has 24 heavy (non-hydrogen) atoms. The van der Waals surface area contributed by atoms with Crippen LogP contribution in [0.25, 0.3) is 10.9 Å². The Kier molecular flexibility index (Phi) is 4.37. The molecule has 3 rings (SSSR count). The zero-order valence-corrected chi connectivity index (χ0v) is 13.6. The van der Waals surface area contributed by atoms with Crippen LogP contribution in [0.4, 0.5) is 5.69 Å². The Labute approximate surface area is 138 Å². The van der Waals surface area contributed by atoms with Crippen molar-refractivity contribution in [2.24, 2.45) is 0 Å². The van der Waals surface area contributed by atoms with Crippen LogP contribution in [0.1, 0.15) is 18.1 Å². The number of H-pyrrole nitrogens is 2. The summed E-state index contributed by atoms with van der Waals surface area (Å²) < 4.78 is 5.49. The summed E-state index contributed by atoms with van der Waals surface area (Å²) >= 11 is 0. The minimum absolute atomic E-state index is 0.178. The van der Waals surface area contributed by atoms with Crippen LogP contribution in [0.3, 0.4) is 0 Å². The average Bonchev–Trinajstić information content (AvgIpc) is 2.56. The van der Waals surface area contributed by atoms with Gasteiger partial charge in [-0.05, 0) is 49.7 Å². The highest BCUT2D eigenvalue weighted by Gasteiger charge is 2.06. The van der Waals surface area contributed by atoms with Gasteiger partial charge >= 0.3 is 0 Å². The molecule has 2 heterocycles. The monoisotopic (exact) mass is 325 g/mol. The van der Waals surface area contributed by atoms with Crippen molar-refractivity contribution in [3.63, 3.8) is 0 Å². The normalized spacial score (nSPS) is 10.8. The van der Waals surface area contributed by atoms with Crippen molar-refractivity contribution in [1.82, 2.24) is 9.97 Å². The molecule has 3 aromatic rings. The molecule has 6 heteroatoms. The number of pyridine rings is 2.